The minimum absolute atomic E-state index is 0.0876. The Hall–Kier alpha value is -2.40. The fourth-order valence-electron chi connectivity index (χ4n) is 2.85. The summed E-state index contributed by atoms with van der Waals surface area (Å²) in [6.45, 7) is 4.20. The third-order valence-corrected chi connectivity index (χ3v) is 4.85. The molecular formula is C20H18BrNO3. The van der Waals surface area contributed by atoms with Crippen LogP contribution in [0.5, 0.6) is 0 Å². The fourth-order valence-corrected chi connectivity index (χ4v) is 3.12. The number of Topliss-reactive ketones (excluding diaryl/α,β-unsaturated/α-hetero) is 1. The molecule has 0 aromatic heterocycles. The summed E-state index contributed by atoms with van der Waals surface area (Å²) in [6, 6.07) is 14.0. The van der Waals surface area contributed by atoms with Crippen LogP contribution in [-0.2, 0) is 9.59 Å². The van der Waals surface area contributed by atoms with Crippen LogP contribution in [0.4, 0.5) is 0 Å². The predicted octanol–water partition coefficient (Wildman–Crippen LogP) is 4.28. The van der Waals surface area contributed by atoms with Crippen molar-refractivity contribution in [2.75, 3.05) is 0 Å². The van der Waals surface area contributed by atoms with Gasteiger partial charge in [0.05, 0.1) is 11.6 Å². The van der Waals surface area contributed by atoms with Crippen molar-refractivity contribution in [3.05, 3.63) is 75.3 Å². The summed E-state index contributed by atoms with van der Waals surface area (Å²) < 4.78 is 0.863. The van der Waals surface area contributed by atoms with Crippen LogP contribution in [0, 0.1) is 0 Å². The van der Waals surface area contributed by atoms with Gasteiger partial charge in [0.2, 0.25) is 0 Å². The van der Waals surface area contributed by atoms with E-state index in [1.54, 1.807) is 24.3 Å². The van der Waals surface area contributed by atoms with Gasteiger partial charge < -0.3 is 10.4 Å². The van der Waals surface area contributed by atoms with E-state index in [4.69, 9.17) is 0 Å². The Bertz CT molecular complexity index is 852. The lowest BCUT2D eigenvalue weighted by molar-refractivity contribution is -0.133. The Kier molecular flexibility index (Phi) is 4.77. The first-order chi connectivity index (χ1) is 11.9. The van der Waals surface area contributed by atoms with Gasteiger partial charge in [-0.2, -0.15) is 0 Å². The van der Waals surface area contributed by atoms with Crippen molar-refractivity contribution in [3.63, 3.8) is 0 Å². The Morgan fingerprint density at radius 2 is 1.64 bits per heavy atom. The van der Waals surface area contributed by atoms with E-state index in [0.717, 1.165) is 10.0 Å². The molecule has 0 radical (unpaired) electrons. The lowest BCUT2D eigenvalue weighted by atomic mass is 9.94. The summed E-state index contributed by atoms with van der Waals surface area (Å²) in [5, 5.41) is 13.3. The number of aliphatic hydroxyl groups is 1. The SMILES string of the molecule is CC(C)c1ccc([C@H]2NC(=O)C(=O)/C2=C(/O)c2ccc(Br)cc2)cc1. The highest BCUT2D eigenvalue weighted by Gasteiger charge is 2.39. The van der Waals surface area contributed by atoms with Crippen molar-refractivity contribution in [1.29, 1.82) is 0 Å². The van der Waals surface area contributed by atoms with E-state index >= 15 is 0 Å². The van der Waals surface area contributed by atoms with Crippen molar-refractivity contribution < 1.29 is 14.7 Å². The molecule has 1 atom stereocenters. The van der Waals surface area contributed by atoms with E-state index in [1.165, 1.54) is 5.56 Å². The molecule has 0 saturated carbocycles. The summed E-state index contributed by atoms with van der Waals surface area (Å²) in [6.07, 6.45) is 0. The molecule has 1 saturated heterocycles. The van der Waals surface area contributed by atoms with Crippen molar-refractivity contribution in [2.45, 2.75) is 25.8 Å². The van der Waals surface area contributed by atoms with Gasteiger partial charge in [-0.05, 0) is 29.2 Å². The number of benzene rings is 2. The molecule has 1 amide bonds. The molecule has 1 aliphatic heterocycles. The monoisotopic (exact) mass is 399 g/mol. The van der Waals surface area contributed by atoms with Crippen LogP contribution in [0.1, 0.15) is 42.5 Å². The molecule has 1 heterocycles. The van der Waals surface area contributed by atoms with Gasteiger partial charge in [0.1, 0.15) is 5.76 Å². The lowest BCUT2D eigenvalue weighted by Crippen LogP contribution is -2.21. The first kappa shape index (κ1) is 17.4. The van der Waals surface area contributed by atoms with Crippen LogP contribution < -0.4 is 5.32 Å². The summed E-state index contributed by atoms with van der Waals surface area (Å²) in [5.74, 6) is -1.18. The molecule has 2 N–H and O–H groups in total. The number of hydrogen-bond acceptors (Lipinski definition) is 3. The minimum Gasteiger partial charge on any atom is -0.507 e. The minimum atomic E-state index is -0.698. The summed E-state index contributed by atoms with van der Waals surface area (Å²) in [7, 11) is 0. The molecular weight excluding hydrogens is 382 g/mol. The van der Waals surface area contributed by atoms with E-state index in [2.05, 4.69) is 35.1 Å². The van der Waals surface area contributed by atoms with E-state index in [9.17, 15) is 14.7 Å². The van der Waals surface area contributed by atoms with Gasteiger partial charge in [0.15, 0.2) is 0 Å². The van der Waals surface area contributed by atoms with Gasteiger partial charge >= 0.3 is 0 Å². The third-order valence-electron chi connectivity index (χ3n) is 4.32. The van der Waals surface area contributed by atoms with Crippen LogP contribution in [0.25, 0.3) is 5.76 Å². The Morgan fingerprint density at radius 1 is 1.04 bits per heavy atom. The second kappa shape index (κ2) is 6.84. The van der Waals surface area contributed by atoms with Crippen LogP contribution >= 0.6 is 15.9 Å². The molecule has 4 nitrogen and oxygen atoms in total. The smallest absolute Gasteiger partial charge is 0.293 e. The maximum atomic E-state index is 12.3. The maximum absolute atomic E-state index is 12.3. The van der Waals surface area contributed by atoms with Gasteiger partial charge in [-0.15, -0.1) is 0 Å². The van der Waals surface area contributed by atoms with Crippen LogP contribution in [0.2, 0.25) is 0 Å². The number of halogens is 1. The van der Waals surface area contributed by atoms with Gasteiger partial charge in [-0.1, -0.05) is 66.2 Å². The number of nitrogens with one attached hydrogen (secondary N) is 1. The van der Waals surface area contributed by atoms with E-state index < -0.39 is 17.7 Å². The average molecular weight is 400 g/mol. The molecule has 2 aromatic carbocycles. The predicted molar refractivity (Wildman–Crippen MR) is 100 cm³/mol. The number of rotatable bonds is 3. The van der Waals surface area contributed by atoms with Gasteiger partial charge in [0.25, 0.3) is 11.7 Å². The second-order valence-electron chi connectivity index (χ2n) is 6.33. The molecule has 0 aliphatic carbocycles. The number of hydrogen-bond donors (Lipinski definition) is 2. The summed E-state index contributed by atoms with van der Waals surface area (Å²) in [4.78, 5) is 24.2. The van der Waals surface area contributed by atoms with Crippen molar-refractivity contribution in [1.82, 2.24) is 5.32 Å². The van der Waals surface area contributed by atoms with Crippen LogP contribution in [0.3, 0.4) is 0 Å². The molecule has 0 unspecified atom stereocenters. The van der Waals surface area contributed by atoms with Gasteiger partial charge in [-0.25, -0.2) is 0 Å². The number of aliphatic hydroxyl groups excluding tert-OH is 1. The fraction of sp³-hybridized carbons (Fsp3) is 0.200. The van der Waals surface area contributed by atoms with E-state index in [0.29, 0.717) is 11.5 Å². The normalized spacial score (nSPS) is 19.3. The average Bonchev–Trinajstić information content (AvgIpc) is 2.90. The van der Waals surface area contributed by atoms with Crippen molar-refractivity contribution >= 4 is 33.4 Å². The zero-order chi connectivity index (χ0) is 18.1. The first-order valence-corrected chi connectivity index (χ1v) is 8.82. The molecule has 25 heavy (non-hydrogen) atoms. The lowest BCUT2D eigenvalue weighted by Gasteiger charge is -2.15. The Morgan fingerprint density at radius 3 is 2.20 bits per heavy atom. The highest BCUT2D eigenvalue weighted by atomic mass is 79.9. The highest BCUT2D eigenvalue weighted by molar-refractivity contribution is 9.10. The van der Waals surface area contributed by atoms with Crippen molar-refractivity contribution in [2.24, 2.45) is 0 Å². The zero-order valence-electron chi connectivity index (χ0n) is 13.9. The number of amides is 1. The Labute approximate surface area is 154 Å². The molecule has 0 spiro atoms. The quantitative estimate of drug-likeness (QED) is 0.459. The first-order valence-electron chi connectivity index (χ1n) is 8.02. The van der Waals surface area contributed by atoms with E-state index in [1.807, 2.05) is 24.3 Å². The topological polar surface area (TPSA) is 66.4 Å². The Balaban J connectivity index is 2.05. The van der Waals surface area contributed by atoms with Gasteiger partial charge in [-0.3, -0.25) is 9.59 Å². The van der Waals surface area contributed by atoms with Crippen LogP contribution in [-0.4, -0.2) is 16.8 Å². The number of ketones is 1. The maximum Gasteiger partial charge on any atom is 0.293 e. The molecule has 0 bridgehead atoms. The number of carbonyl (C=O) groups excluding carboxylic acids is 2. The summed E-state index contributed by atoms with van der Waals surface area (Å²) in [5.41, 5.74) is 2.51. The molecule has 5 heteroatoms. The summed E-state index contributed by atoms with van der Waals surface area (Å²) >= 11 is 3.34. The zero-order valence-corrected chi connectivity index (χ0v) is 15.5. The standard InChI is InChI=1S/C20H18BrNO3/c1-11(2)12-3-5-13(6-4-12)17-16(19(24)20(25)22-17)18(23)14-7-9-15(21)10-8-14/h3-11,17,23H,1-2H3,(H,22,25)/b18-16+/t17-/m1/s1. The van der Waals surface area contributed by atoms with E-state index in [-0.39, 0.29) is 11.3 Å². The molecule has 1 fully saturated rings. The number of carbonyl (C=O) groups is 2. The second-order valence-corrected chi connectivity index (χ2v) is 7.24. The molecule has 3 rings (SSSR count). The highest BCUT2D eigenvalue weighted by Crippen LogP contribution is 2.33. The molecule has 128 valence electrons. The third kappa shape index (κ3) is 3.37. The molecule has 1 aliphatic rings. The molecule has 2 aromatic rings. The van der Waals surface area contributed by atoms with Gasteiger partial charge in [0, 0.05) is 10.0 Å². The van der Waals surface area contributed by atoms with Crippen LogP contribution in [0.15, 0.2) is 58.6 Å². The van der Waals surface area contributed by atoms with Crippen molar-refractivity contribution in [3.8, 4) is 0 Å². The largest absolute Gasteiger partial charge is 0.507 e.